The van der Waals surface area contributed by atoms with Gasteiger partial charge < -0.3 is 34.1 Å². The number of carboxylic acids is 1. The molecule has 2 N–H and O–H groups in total. The third kappa shape index (κ3) is 3.40. The zero-order valence-electron chi connectivity index (χ0n) is 14.1. The molecule has 136 valence electrons. The SMILES string of the molecule is CC1(C)O[C@@H]2O[C@@H](C(=O)NCCC(=O)O)[C@H]3OC(C)(C)O[C@@H]3[C@H]2O1. The van der Waals surface area contributed by atoms with Crippen LogP contribution in [-0.2, 0) is 33.3 Å². The molecule has 3 rings (SSSR count). The first-order valence-corrected chi connectivity index (χ1v) is 7.94. The Kier molecular flexibility index (Phi) is 4.33. The molecule has 3 aliphatic heterocycles. The van der Waals surface area contributed by atoms with Gasteiger partial charge in [-0.15, -0.1) is 0 Å². The van der Waals surface area contributed by atoms with E-state index >= 15 is 0 Å². The average molecular weight is 345 g/mol. The lowest BCUT2D eigenvalue weighted by Crippen LogP contribution is -2.59. The van der Waals surface area contributed by atoms with Crippen molar-refractivity contribution in [2.75, 3.05) is 6.54 Å². The monoisotopic (exact) mass is 345 g/mol. The lowest BCUT2D eigenvalue weighted by Gasteiger charge is -2.36. The van der Waals surface area contributed by atoms with Crippen molar-refractivity contribution in [1.29, 1.82) is 0 Å². The van der Waals surface area contributed by atoms with Gasteiger partial charge in [-0.25, -0.2) is 0 Å². The summed E-state index contributed by atoms with van der Waals surface area (Å²) in [5, 5.41) is 11.2. The van der Waals surface area contributed by atoms with Gasteiger partial charge in [-0.05, 0) is 27.7 Å². The summed E-state index contributed by atoms with van der Waals surface area (Å²) >= 11 is 0. The Morgan fingerprint density at radius 2 is 1.54 bits per heavy atom. The highest BCUT2D eigenvalue weighted by Gasteiger charge is 2.62. The van der Waals surface area contributed by atoms with Gasteiger partial charge in [0.1, 0.15) is 18.3 Å². The quantitative estimate of drug-likeness (QED) is 0.731. The Morgan fingerprint density at radius 1 is 0.958 bits per heavy atom. The highest BCUT2D eigenvalue weighted by atomic mass is 16.9. The summed E-state index contributed by atoms with van der Waals surface area (Å²) in [5.41, 5.74) is 0. The summed E-state index contributed by atoms with van der Waals surface area (Å²) in [7, 11) is 0. The van der Waals surface area contributed by atoms with Crippen LogP contribution in [0.5, 0.6) is 0 Å². The zero-order chi connectivity index (χ0) is 17.7. The maximum absolute atomic E-state index is 12.4. The summed E-state index contributed by atoms with van der Waals surface area (Å²) in [4.78, 5) is 23.0. The number of hydrogen-bond donors (Lipinski definition) is 2. The van der Waals surface area contributed by atoms with Crippen molar-refractivity contribution in [2.45, 2.75) is 76.4 Å². The van der Waals surface area contributed by atoms with Crippen LogP contribution in [0.25, 0.3) is 0 Å². The van der Waals surface area contributed by atoms with E-state index in [4.69, 9.17) is 28.8 Å². The van der Waals surface area contributed by atoms with Crippen LogP contribution in [0.4, 0.5) is 0 Å². The van der Waals surface area contributed by atoms with Crippen LogP contribution in [0.3, 0.4) is 0 Å². The Labute approximate surface area is 139 Å². The second-order valence-corrected chi connectivity index (χ2v) is 7.02. The molecule has 0 aromatic heterocycles. The molecule has 0 aromatic rings. The van der Waals surface area contributed by atoms with E-state index in [2.05, 4.69) is 5.32 Å². The molecule has 24 heavy (non-hydrogen) atoms. The summed E-state index contributed by atoms with van der Waals surface area (Å²) in [5.74, 6) is -3.19. The fourth-order valence-corrected chi connectivity index (χ4v) is 3.22. The van der Waals surface area contributed by atoms with E-state index in [0.29, 0.717) is 0 Å². The fraction of sp³-hybridized carbons (Fsp3) is 0.867. The number of fused-ring (bicyclic) bond motifs is 3. The van der Waals surface area contributed by atoms with E-state index < -0.39 is 54.2 Å². The Balaban J connectivity index is 1.75. The van der Waals surface area contributed by atoms with Crippen molar-refractivity contribution < 1.29 is 38.4 Å². The average Bonchev–Trinajstić information content (AvgIpc) is 2.91. The van der Waals surface area contributed by atoms with Crippen LogP contribution in [0.15, 0.2) is 0 Å². The number of ether oxygens (including phenoxy) is 5. The number of nitrogens with one attached hydrogen (secondary N) is 1. The molecule has 5 atom stereocenters. The van der Waals surface area contributed by atoms with Gasteiger partial charge in [-0.1, -0.05) is 0 Å². The molecule has 3 heterocycles. The summed E-state index contributed by atoms with van der Waals surface area (Å²) in [6.07, 6.45) is -3.58. The van der Waals surface area contributed by atoms with Crippen LogP contribution in [0, 0.1) is 0 Å². The lowest BCUT2D eigenvalue weighted by molar-refractivity contribution is -0.231. The van der Waals surface area contributed by atoms with Gasteiger partial charge in [-0.3, -0.25) is 9.59 Å². The van der Waals surface area contributed by atoms with Gasteiger partial charge in [0.15, 0.2) is 24.0 Å². The van der Waals surface area contributed by atoms with Crippen LogP contribution in [-0.4, -0.2) is 65.8 Å². The standard InChI is InChI=1S/C15H23NO8/c1-14(2)21-8-9(22-14)11-13(24-15(3,4)23-11)20-10(8)12(19)16-6-5-7(17)18/h8-11,13H,5-6H2,1-4H3,(H,16,19)(H,17,18)/t8-,9-,10+,11+,13-/m0/s1. The van der Waals surface area contributed by atoms with Gasteiger partial charge in [0.2, 0.25) is 0 Å². The summed E-state index contributed by atoms with van der Waals surface area (Å²) in [6, 6.07) is 0. The van der Waals surface area contributed by atoms with E-state index in [-0.39, 0.29) is 13.0 Å². The van der Waals surface area contributed by atoms with Crippen LogP contribution < -0.4 is 5.32 Å². The third-order valence-corrected chi connectivity index (χ3v) is 4.05. The predicted octanol–water partition coefficient (Wildman–Crippen LogP) is -0.0262. The highest BCUT2D eigenvalue weighted by Crippen LogP contribution is 2.44. The molecule has 9 nitrogen and oxygen atoms in total. The van der Waals surface area contributed by atoms with Crippen molar-refractivity contribution in [3.8, 4) is 0 Å². The van der Waals surface area contributed by atoms with Crippen molar-refractivity contribution in [1.82, 2.24) is 5.32 Å². The number of carboxylic acid groups (broad SMARTS) is 1. The van der Waals surface area contributed by atoms with Crippen molar-refractivity contribution >= 4 is 11.9 Å². The highest BCUT2D eigenvalue weighted by molar-refractivity contribution is 5.82. The number of hydrogen-bond acceptors (Lipinski definition) is 7. The number of carbonyl (C=O) groups excluding carboxylic acids is 1. The van der Waals surface area contributed by atoms with E-state index in [1.165, 1.54) is 0 Å². The predicted molar refractivity (Wildman–Crippen MR) is 77.8 cm³/mol. The minimum atomic E-state index is -0.992. The number of amides is 1. The molecule has 0 saturated carbocycles. The topological polar surface area (TPSA) is 113 Å². The largest absolute Gasteiger partial charge is 0.481 e. The second-order valence-electron chi connectivity index (χ2n) is 7.02. The molecule has 3 fully saturated rings. The molecule has 0 aliphatic carbocycles. The Bertz CT molecular complexity index is 534. The Morgan fingerprint density at radius 3 is 2.21 bits per heavy atom. The summed E-state index contributed by atoms with van der Waals surface area (Å²) < 4.78 is 29.0. The third-order valence-electron chi connectivity index (χ3n) is 4.05. The fourth-order valence-electron chi connectivity index (χ4n) is 3.22. The minimum absolute atomic E-state index is 0.00656. The Hall–Kier alpha value is -1.26. The summed E-state index contributed by atoms with van der Waals surface area (Å²) in [6.45, 7) is 7.02. The van der Waals surface area contributed by atoms with Gasteiger partial charge >= 0.3 is 5.97 Å². The van der Waals surface area contributed by atoms with Crippen LogP contribution in [0.2, 0.25) is 0 Å². The molecule has 0 radical (unpaired) electrons. The molecule has 0 spiro atoms. The number of aliphatic carboxylic acids is 1. The van der Waals surface area contributed by atoms with Crippen molar-refractivity contribution in [3.63, 3.8) is 0 Å². The second kappa shape index (κ2) is 5.92. The van der Waals surface area contributed by atoms with Crippen LogP contribution in [0.1, 0.15) is 34.1 Å². The van der Waals surface area contributed by atoms with Gasteiger partial charge in [0.25, 0.3) is 5.91 Å². The van der Waals surface area contributed by atoms with Gasteiger partial charge in [0, 0.05) is 6.54 Å². The van der Waals surface area contributed by atoms with E-state index in [1.807, 2.05) is 0 Å². The molecule has 0 bridgehead atoms. The first-order chi connectivity index (χ1) is 11.1. The van der Waals surface area contributed by atoms with Gasteiger partial charge in [-0.2, -0.15) is 0 Å². The molecule has 9 heteroatoms. The van der Waals surface area contributed by atoms with Crippen molar-refractivity contribution in [3.05, 3.63) is 0 Å². The van der Waals surface area contributed by atoms with Crippen molar-refractivity contribution in [2.24, 2.45) is 0 Å². The van der Waals surface area contributed by atoms with Crippen LogP contribution >= 0.6 is 0 Å². The lowest BCUT2D eigenvalue weighted by atomic mass is 9.98. The number of carbonyl (C=O) groups is 2. The normalized spacial score (nSPS) is 39.1. The van der Waals surface area contributed by atoms with E-state index in [0.717, 1.165) is 0 Å². The molecular weight excluding hydrogens is 322 g/mol. The molecular formula is C15H23NO8. The first kappa shape index (κ1) is 17.6. The molecule has 0 unspecified atom stereocenters. The molecule has 0 aromatic carbocycles. The van der Waals surface area contributed by atoms with E-state index in [1.54, 1.807) is 27.7 Å². The van der Waals surface area contributed by atoms with Gasteiger partial charge in [0.05, 0.1) is 6.42 Å². The first-order valence-electron chi connectivity index (χ1n) is 7.94. The minimum Gasteiger partial charge on any atom is -0.481 e. The molecule has 1 amide bonds. The maximum atomic E-state index is 12.4. The van der Waals surface area contributed by atoms with E-state index in [9.17, 15) is 9.59 Å². The smallest absolute Gasteiger partial charge is 0.305 e. The molecule has 3 aliphatic rings. The maximum Gasteiger partial charge on any atom is 0.305 e. The zero-order valence-corrected chi connectivity index (χ0v) is 14.1. The number of rotatable bonds is 4. The molecule has 3 saturated heterocycles.